The highest BCUT2D eigenvalue weighted by Gasteiger charge is 2.04. The third kappa shape index (κ3) is 1.13. The molecule has 0 unspecified atom stereocenters. The molecule has 0 radical (unpaired) electrons. The Kier molecular flexibility index (Phi) is 1.59. The van der Waals surface area contributed by atoms with Crippen molar-refractivity contribution in [3.8, 4) is 0 Å². The second-order valence-electron chi connectivity index (χ2n) is 3.41. The van der Waals surface area contributed by atoms with Crippen molar-refractivity contribution in [1.82, 2.24) is 9.97 Å². The van der Waals surface area contributed by atoms with Crippen LogP contribution in [0.4, 0.5) is 5.82 Å². The SMILES string of the molecule is Nc1nc2ccccc2c2cccnc12. The smallest absolute Gasteiger partial charge is 0.150 e. The lowest BCUT2D eigenvalue weighted by Gasteiger charge is -2.04. The maximum atomic E-state index is 5.85. The quantitative estimate of drug-likeness (QED) is 0.560. The molecular weight excluding hydrogens is 186 g/mol. The minimum absolute atomic E-state index is 0.490. The molecule has 0 saturated carbocycles. The molecule has 2 aromatic heterocycles. The van der Waals surface area contributed by atoms with Gasteiger partial charge in [0.1, 0.15) is 5.52 Å². The highest BCUT2D eigenvalue weighted by molar-refractivity contribution is 6.07. The van der Waals surface area contributed by atoms with E-state index in [1.54, 1.807) is 6.20 Å². The zero-order valence-electron chi connectivity index (χ0n) is 8.01. The van der Waals surface area contributed by atoms with Gasteiger partial charge in [0, 0.05) is 17.0 Å². The van der Waals surface area contributed by atoms with Gasteiger partial charge in [-0.2, -0.15) is 0 Å². The van der Waals surface area contributed by atoms with Crippen molar-refractivity contribution in [2.24, 2.45) is 0 Å². The molecule has 0 fully saturated rings. The third-order valence-electron chi connectivity index (χ3n) is 2.49. The van der Waals surface area contributed by atoms with E-state index in [0.717, 1.165) is 21.8 Å². The first-order valence-corrected chi connectivity index (χ1v) is 4.75. The third-order valence-corrected chi connectivity index (χ3v) is 2.49. The van der Waals surface area contributed by atoms with E-state index in [0.29, 0.717) is 5.82 Å². The summed E-state index contributed by atoms with van der Waals surface area (Å²) in [6.45, 7) is 0. The van der Waals surface area contributed by atoms with Crippen LogP contribution in [-0.2, 0) is 0 Å². The zero-order chi connectivity index (χ0) is 10.3. The van der Waals surface area contributed by atoms with Crippen molar-refractivity contribution in [3.05, 3.63) is 42.6 Å². The molecule has 2 heterocycles. The van der Waals surface area contributed by atoms with E-state index in [1.165, 1.54) is 0 Å². The number of hydrogen-bond donors (Lipinski definition) is 1. The van der Waals surface area contributed by atoms with Crippen molar-refractivity contribution in [2.45, 2.75) is 0 Å². The van der Waals surface area contributed by atoms with E-state index in [1.807, 2.05) is 36.4 Å². The summed E-state index contributed by atoms with van der Waals surface area (Å²) in [4.78, 5) is 8.56. The number of benzene rings is 1. The lowest BCUT2D eigenvalue weighted by Crippen LogP contribution is -1.94. The van der Waals surface area contributed by atoms with Gasteiger partial charge in [0.15, 0.2) is 5.82 Å². The van der Waals surface area contributed by atoms with E-state index in [2.05, 4.69) is 9.97 Å². The summed E-state index contributed by atoms with van der Waals surface area (Å²) in [5.74, 6) is 0.490. The first-order chi connectivity index (χ1) is 7.36. The summed E-state index contributed by atoms with van der Waals surface area (Å²) in [5, 5.41) is 2.15. The first kappa shape index (κ1) is 8.17. The van der Waals surface area contributed by atoms with Crippen LogP contribution in [0.1, 0.15) is 0 Å². The molecule has 15 heavy (non-hydrogen) atoms. The average molecular weight is 195 g/mol. The molecule has 0 amide bonds. The van der Waals surface area contributed by atoms with Gasteiger partial charge in [-0.15, -0.1) is 0 Å². The van der Waals surface area contributed by atoms with Crippen molar-refractivity contribution in [1.29, 1.82) is 0 Å². The van der Waals surface area contributed by atoms with Gasteiger partial charge in [0.05, 0.1) is 5.52 Å². The van der Waals surface area contributed by atoms with E-state index >= 15 is 0 Å². The fourth-order valence-electron chi connectivity index (χ4n) is 1.81. The Bertz CT molecular complexity index is 646. The number of nitrogen functional groups attached to an aromatic ring is 1. The Morgan fingerprint density at radius 1 is 0.933 bits per heavy atom. The Morgan fingerprint density at radius 2 is 1.73 bits per heavy atom. The van der Waals surface area contributed by atoms with E-state index in [-0.39, 0.29) is 0 Å². The monoisotopic (exact) mass is 195 g/mol. The van der Waals surface area contributed by atoms with E-state index < -0.39 is 0 Å². The Balaban J connectivity index is 2.64. The highest BCUT2D eigenvalue weighted by atomic mass is 14.9. The number of pyridine rings is 2. The minimum atomic E-state index is 0.490. The van der Waals surface area contributed by atoms with Crippen LogP contribution < -0.4 is 5.73 Å². The van der Waals surface area contributed by atoms with Gasteiger partial charge in [-0.1, -0.05) is 24.3 Å². The largest absolute Gasteiger partial charge is 0.382 e. The van der Waals surface area contributed by atoms with Crippen LogP contribution in [0.5, 0.6) is 0 Å². The van der Waals surface area contributed by atoms with Crippen LogP contribution in [-0.4, -0.2) is 9.97 Å². The molecule has 0 bridgehead atoms. The van der Waals surface area contributed by atoms with Gasteiger partial charge >= 0.3 is 0 Å². The molecule has 0 aliphatic rings. The number of aromatic nitrogens is 2. The molecule has 2 N–H and O–H groups in total. The number of rotatable bonds is 0. The number of anilines is 1. The first-order valence-electron chi connectivity index (χ1n) is 4.75. The van der Waals surface area contributed by atoms with Gasteiger partial charge in [0.25, 0.3) is 0 Å². The Morgan fingerprint density at radius 3 is 2.67 bits per heavy atom. The van der Waals surface area contributed by atoms with Gasteiger partial charge in [-0.25, -0.2) is 4.98 Å². The maximum absolute atomic E-state index is 5.85. The van der Waals surface area contributed by atoms with Gasteiger partial charge < -0.3 is 5.73 Å². The molecule has 3 rings (SSSR count). The second kappa shape index (κ2) is 2.92. The van der Waals surface area contributed by atoms with E-state index in [4.69, 9.17) is 5.73 Å². The lowest BCUT2D eigenvalue weighted by molar-refractivity contribution is 1.36. The fourth-order valence-corrected chi connectivity index (χ4v) is 1.81. The van der Waals surface area contributed by atoms with Crippen LogP contribution in [0, 0.1) is 0 Å². The van der Waals surface area contributed by atoms with Crippen LogP contribution >= 0.6 is 0 Å². The summed E-state index contributed by atoms with van der Waals surface area (Å²) in [7, 11) is 0. The molecule has 3 heteroatoms. The fraction of sp³-hybridized carbons (Fsp3) is 0. The van der Waals surface area contributed by atoms with Gasteiger partial charge in [-0.3, -0.25) is 4.98 Å². The normalized spacial score (nSPS) is 10.9. The van der Waals surface area contributed by atoms with Crippen molar-refractivity contribution < 1.29 is 0 Å². The van der Waals surface area contributed by atoms with Crippen molar-refractivity contribution >= 4 is 27.6 Å². The number of nitrogens with two attached hydrogens (primary N) is 1. The number of fused-ring (bicyclic) bond motifs is 3. The molecule has 1 aromatic carbocycles. The molecule has 0 atom stereocenters. The maximum Gasteiger partial charge on any atom is 0.150 e. The number of nitrogens with zero attached hydrogens (tertiary/aromatic N) is 2. The average Bonchev–Trinajstić information content (AvgIpc) is 2.30. The Hall–Kier alpha value is -2.16. The van der Waals surface area contributed by atoms with Crippen LogP contribution in [0.25, 0.3) is 21.8 Å². The number of para-hydroxylation sites is 1. The summed E-state index contributed by atoms with van der Waals surface area (Å²) >= 11 is 0. The van der Waals surface area contributed by atoms with Crippen LogP contribution in [0.3, 0.4) is 0 Å². The minimum Gasteiger partial charge on any atom is -0.382 e. The highest BCUT2D eigenvalue weighted by Crippen LogP contribution is 2.25. The van der Waals surface area contributed by atoms with Crippen molar-refractivity contribution in [2.75, 3.05) is 5.73 Å². The molecule has 72 valence electrons. The predicted octanol–water partition coefficient (Wildman–Crippen LogP) is 2.37. The summed E-state index contributed by atoms with van der Waals surface area (Å²) in [5.41, 5.74) is 7.54. The Labute approximate surface area is 86.6 Å². The lowest BCUT2D eigenvalue weighted by atomic mass is 10.1. The van der Waals surface area contributed by atoms with Gasteiger partial charge in [-0.05, 0) is 12.1 Å². The van der Waals surface area contributed by atoms with Gasteiger partial charge in [0.2, 0.25) is 0 Å². The molecule has 3 aromatic rings. The van der Waals surface area contributed by atoms with Crippen LogP contribution in [0.2, 0.25) is 0 Å². The van der Waals surface area contributed by atoms with E-state index in [9.17, 15) is 0 Å². The predicted molar refractivity (Wildman–Crippen MR) is 61.5 cm³/mol. The standard InChI is InChI=1S/C12H9N3/c13-12-11-9(5-3-7-14-11)8-4-1-2-6-10(8)15-12/h1-7H,(H2,13,15). The zero-order valence-corrected chi connectivity index (χ0v) is 8.01. The molecule has 3 nitrogen and oxygen atoms in total. The second-order valence-corrected chi connectivity index (χ2v) is 3.41. The van der Waals surface area contributed by atoms with Crippen molar-refractivity contribution in [3.63, 3.8) is 0 Å². The topological polar surface area (TPSA) is 51.8 Å². The molecule has 0 aliphatic carbocycles. The summed E-state index contributed by atoms with van der Waals surface area (Å²) < 4.78 is 0. The molecule has 0 spiro atoms. The van der Waals surface area contributed by atoms with Crippen LogP contribution in [0.15, 0.2) is 42.6 Å². The number of hydrogen-bond acceptors (Lipinski definition) is 3. The molecule has 0 saturated heterocycles. The molecule has 0 aliphatic heterocycles. The summed E-state index contributed by atoms with van der Waals surface area (Å²) in [6, 6.07) is 11.9. The molecular formula is C12H9N3. The summed E-state index contributed by atoms with van der Waals surface area (Å²) in [6.07, 6.45) is 1.73.